The molecule has 3 aromatic carbocycles. The lowest BCUT2D eigenvalue weighted by atomic mass is 9.68. The maximum Gasteiger partial charge on any atom is 0.145 e. The van der Waals surface area contributed by atoms with Crippen LogP contribution in [0.15, 0.2) is 60.8 Å². The SMILES string of the molecule is CCCCc1ccc(C2CCOCC2)c(-c2cnc3c4c(C(C)(CC)C(C)CC)cccc4c4ccccc4n23)c1C1CCOCC1. The van der Waals surface area contributed by atoms with E-state index in [0.29, 0.717) is 17.8 Å². The van der Waals surface area contributed by atoms with E-state index in [1.807, 2.05) is 0 Å². The van der Waals surface area contributed by atoms with Crippen molar-refractivity contribution in [1.82, 2.24) is 9.38 Å². The van der Waals surface area contributed by atoms with Gasteiger partial charge in [0.05, 0.1) is 17.4 Å². The van der Waals surface area contributed by atoms with Gasteiger partial charge in [0, 0.05) is 42.8 Å². The van der Waals surface area contributed by atoms with Crippen LogP contribution in [0, 0.1) is 5.92 Å². The first kappa shape index (κ1) is 32.3. The van der Waals surface area contributed by atoms with Crippen molar-refractivity contribution in [2.24, 2.45) is 5.92 Å². The number of benzene rings is 3. The Labute approximate surface area is 281 Å². The van der Waals surface area contributed by atoms with E-state index in [1.165, 1.54) is 62.5 Å². The van der Waals surface area contributed by atoms with Crippen LogP contribution in [-0.4, -0.2) is 35.8 Å². The smallest absolute Gasteiger partial charge is 0.145 e. The van der Waals surface area contributed by atoms with Crippen LogP contribution in [-0.2, 0) is 21.3 Å². The highest BCUT2D eigenvalue weighted by molar-refractivity contribution is 6.14. The van der Waals surface area contributed by atoms with Crippen molar-refractivity contribution >= 4 is 27.3 Å². The zero-order chi connectivity index (χ0) is 32.5. The Balaban J connectivity index is 1.60. The molecule has 5 aromatic rings. The number of rotatable bonds is 10. The number of aryl methyl sites for hydroxylation is 1. The molecule has 2 saturated heterocycles. The van der Waals surface area contributed by atoms with Gasteiger partial charge >= 0.3 is 0 Å². The molecule has 2 aliphatic heterocycles. The van der Waals surface area contributed by atoms with Gasteiger partial charge in [-0.05, 0) is 102 Å². The van der Waals surface area contributed by atoms with Crippen molar-refractivity contribution in [2.45, 2.75) is 110 Å². The fraction of sp³-hybridized carbons (Fsp3) is 0.512. The second-order valence-electron chi connectivity index (χ2n) is 14.6. The number of ether oxygens (including phenoxy) is 2. The van der Waals surface area contributed by atoms with Crippen LogP contribution in [0.25, 0.3) is 38.6 Å². The molecule has 2 unspecified atom stereocenters. The van der Waals surface area contributed by atoms with Crippen molar-refractivity contribution in [1.29, 1.82) is 0 Å². The predicted molar refractivity (Wildman–Crippen MR) is 197 cm³/mol. The topological polar surface area (TPSA) is 35.8 Å². The third kappa shape index (κ3) is 5.60. The molecule has 7 rings (SSSR count). The number of imidazole rings is 1. The fourth-order valence-corrected chi connectivity index (χ4v) is 8.95. The minimum Gasteiger partial charge on any atom is -0.381 e. The molecule has 0 amide bonds. The number of pyridine rings is 1. The largest absolute Gasteiger partial charge is 0.381 e. The third-order valence-electron chi connectivity index (χ3n) is 12.2. The highest BCUT2D eigenvalue weighted by Crippen LogP contribution is 2.47. The summed E-state index contributed by atoms with van der Waals surface area (Å²) in [6.07, 6.45) is 12.3. The normalized spacial score (nSPS) is 18.7. The Morgan fingerprint density at radius 2 is 1.55 bits per heavy atom. The molecule has 47 heavy (non-hydrogen) atoms. The average molecular weight is 631 g/mol. The number of hydrogen-bond donors (Lipinski definition) is 0. The maximum absolute atomic E-state index is 5.95. The summed E-state index contributed by atoms with van der Waals surface area (Å²) in [5.74, 6) is 1.53. The molecule has 2 aliphatic rings. The zero-order valence-corrected chi connectivity index (χ0v) is 29.4. The van der Waals surface area contributed by atoms with Crippen molar-refractivity contribution in [3.63, 3.8) is 0 Å². The maximum atomic E-state index is 5.95. The molecule has 2 fully saturated rings. The van der Waals surface area contributed by atoms with Gasteiger partial charge in [0.2, 0.25) is 0 Å². The molecule has 0 radical (unpaired) electrons. The highest BCUT2D eigenvalue weighted by atomic mass is 16.5. The van der Waals surface area contributed by atoms with Crippen LogP contribution in [0.2, 0.25) is 0 Å². The van der Waals surface area contributed by atoms with E-state index in [-0.39, 0.29) is 5.41 Å². The molecule has 0 aliphatic carbocycles. The van der Waals surface area contributed by atoms with Gasteiger partial charge in [-0.25, -0.2) is 4.98 Å². The molecule has 0 saturated carbocycles. The number of hydrogen-bond acceptors (Lipinski definition) is 3. The van der Waals surface area contributed by atoms with E-state index in [9.17, 15) is 0 Å². The first-order valence-electron chi connectivity index (χ1n) is 18.6. The first-order chi connectivity index (χ1) is 23.0. The van der Waals surface area contributed by atoms with Crippen LogP contribution in [0.5, 0.6) is 0 Å². The number of para-hydroxylation sites is 1. The molecule has 0 bridgehead atoms. The van der Waals surface area contributed by atoms with Gasteiger partial charge in [-0.1, -0.05) is 96.0 Å². The summed E-state index contributed by atoms with van der Waals surface area (Å²) in [5.41, 5.74) is 11.1. The average Bonchev–Trinajstić information content (AvgIpc) is 3.58. The Morgan fingerprint density at radius 1 is 0.851 bits per heavy atom. The molecule has 2 atom stereocenters. The predicted octanol–water partition coefficient (Wildman–Crippen LogP) is 11.2. The van der Waals surface area contributed by atoms with Crippen LogP contribution in [0.4, 0.5) is 0 Å². The van der Waals surface area contributed by atoms with Gasteiger partial charge in [-0.2, -0.15) is 0 Å². The first-order valence-corrected chi connectivity index (χ1v) is 18.6. The van der Waals surface area contributed by atoms with Crippen molar-refractivity contribution in [2.75, 3.05) is 26.4 Å². The van der Waals surface area contributed by atoms with Crippen molar-refractivity contribution < 1.29 is 9.47 Å². The van der Waals surface area contributed by atoms with E-state index < -0.39 is 0 Å². The lowest BCUT2D eigenvalue weighted by Gasteiger charge is -2.36. The van der Waals surface area contributed by atoms with Crippen molar-refractivity contribution in [3.05, 3.63) is 83.0 Å². The number of fused-ring (bicyclic) bond motifs is 6. The van der Waals surface area contributed by atoms with E-state index >= 15 is 0 Å². The quantitative estimate of drug-likeness (QED) is 0.144. The second-order valence-corrected chi connectivity index (χ2v) is 14.6. The summed E-state index contributed by atoms with van der Waals surface area (Å²) < 4.78 is 14.4. The van der Waals surface area contributed by atoms with Gasteiger partial charge in [0.15, 0.2) is 0 Å². The Morgan fingerprint density at radius 3 is 2.26 bits per heavy atom. The minimum absolute atomic E-state index is 0.0455. The molecule has 248 valence electrons. The lowest BCUT2D eigenvalue weighted by Crippen LogP contribution is -2.29. The molecular weight excluding hydrogens is 576 g/mol. The summed E-state index contributed by atoms with van der Waals surface area (Å²) in [6, 6.07) is 21.0. The van der Waals surface area contributed by atoms with E-state index in [2.05, 4.69) is 99.8 Å². The van der Waals surface area contributed by atoms with E-state index in [1.54, 1.807) is 5.56 Å². The molecule has 0 spiro atoms. The molecule has 4 heteroatoms. The van der Waals surface area contributed by atoms with Crippen LogP contribution < -0.4 is 0 Å². The monoisotopic (exact) mass is 630 g/mol. The van der Waals surface area contributed by atoms with Gasteiger partial charge in [0.25, 0.3) is 0 Å². The summed E-state index contributed by atoms with van der Waals surface area (Å²) in [4.78, 5) is 5.44. The van der Waals surface area contributed by atoms with Crippen LogP contribution >= 0.6 is 0 Å². The van der Waals surface area contributed by atoms with Gasteiger partial charge in [0.1, 0.15) is 5.65 Å². The molecule has 2 aromatic heterocycles. The van der Waals surface area contributed by atoms with E-state index in [0.717, 1.165) is 77.0 Å². The number of unbranched alkanes of at least 4 members (excludes halogenated alkanes) is 1. The number of nitrogens with zero attached hydrogens (tertiary/aromatic N) is 2. The fourth-order valence-electron chi connectivity index (χ4n) is 8.95. The number of aromatic nitrogens is 2. The van der Waals surface area contributed by atoms with E-state index in [4.69, 9.17) is 14.5 Å². The molecule has 4 nitrogen and oxygen atoms in total. The summed E-state index contributed by atoms with van der Waals surface area (Å²) in [6.45, 7) is 15.3. The van der Waals surface area contributed by atoms with Gasteiger partial charge in [-0.15, -0.1) is 0 Å². The molecule has 4 heterocycles. The summed E-state index contributed by atoms with van der Waals surface area (Å²) in [7, 11) is 0. The zero-order valence-electron chi connectivity index (χ0n) is 29.4. The second kappa shape index (κ2) is 13.7. The summed E-state index contributed by atoms with van der Waals surface area (Å²) >= 11 is 0. The third-order valence-corrected chi connectivity index (χ3v) is 12.2. The summed E-state index contributed by atoms with van der Waals surface area (Å²) in [5, 5.41) is 3.95. The Hall–Kier alpha value is -3.21. The Kier molecular flexibility index (Phi) is 9.44. The minimum atomic E-state index is 0.0455. The Bertz CT molecular complexity index is 1860. The van der Waals surface area contributed by atoms with Crippen LogP contribution in [0.1, 0.15) is 120 Å². The highest BCUT2D eigenvalue weighted by Gasteiger charge is 2.34. The lowest BCUT2D eigenvalue weighted by molar-refractivity contribution is 0.0842. The van der Waals surface area contributed by atoms with Gasteiger partial charge < -0.3 is 9.47 Å². The van der Waals surface area contributed by atoms with Crippen molar-refractivity contribution in [3.8, 4) is 11.3 Å². The van der Waals surface area contributed by atoms with Gasteiger partial charge in [-0.3, -0.25) is 4.40 Å². The molecule has 0 N–H and O–H groups in total. The standard InChI is InChI=1S/C43H54N2O2/c1-6-9-13-31-18-19-33(30-20-24-46-25-21-30)41(39(31)32-22-26-47-27-23-32)38-28-44-42-40-35(34-14-10-11-17-37(34)45(38)42)15-12-16-36(40)43(5,8-3)29(4)7-2/h10-12,14-19,28-30,32H,6-9,13,20-27H2,1-5H3. The molecular formula is C43H54N2O2. The van der Waals surface area contributed by atoms with Crippen LogP contribution in [0.3, 0.4) is 0 Å².